The molecule has 2 aliphatic rings. The van der Waals surface area contributed by atoms with Crippen molar-refractivity contribution in [1.29, 1.82) is 0 Å². The van der Waals surface area contributed by atoms with E-state index >= 15 is 0 Å². The van der Waals surface area contributed by atoms with Crippen molar-refractivity contribution in [2.45, 2.75) is 57.4 Å². The lowest BCUT2D eigenvalue weighted by atomic mass is 9.61. The Kier molecular flexibility index (Phi) is 5.07. The Bertz CT molecular complexity index is 2690. The molecule has 0 spiro atoms. The fraction of sp³-hybridized carbons (Fsp3) is 0.191. The summed E-state index contributed by atoms with van der Waals surface area (Å²) in [5, 5.41) is 16.4. The van der Waals surface area contributed by atoms with Gasteiger partial charge in [-0.3, -0.25) is 0 Å². The third-order valence-electron chi connectivity index (χ3n) is 13.0. The predicted octanol–water partition coefficient (Wildman–Crippen LogP) is 13.2. The first-order chi connectivity index (χ1) is 23.4. The number of hydrogen-bond donors (Lipinski definition) is 0. The molecule has 1 aliphatic heterocycles. The van der Waals surface area contributed by atoms with Crippen LogP contribution < -0.4 is 4.90 Å². The molecule has 1 saturated carbocycles. The first-order valence-corrected chi connectivity index (χ1v) is 17.7. The van der Waals surface area contributed by atoms with E-state index in [0.29, 0.717) is 0 Å². The van der Waals surface area contributed by atoms with Crippen molar-refractivity contribution < 1.29 is 0 Å². The summed E-state index contributed by atoms with van der Waals surface area (Å²) in [6.07, 6.45) is 5.02. The van der Waals surface area contributed by atoms with Crippen LogP contribution in [0.4, 0.5) is 11.4 Å². The SMILES string of the molecule is Cc1ccc(N2c3ccc(-c4ccc5c6cc7c(cc6c6cccc4c65)c4cccc5cccc7c54)cc3C3(C)CCCCC23C)cc1. The molecule has 9 aromatic rings. The van der Waals surface area contributed by atoms with Crippen molar-refractivity contribution in [1.82, 2.24) is 0 Å². The van der Waals surface area contributed by atoms with Crippen LogP contribution in [0.3, 0.4) is 0 Å². The molecule has 0 saturated heterocycles. The maximum atomic E-state index is 2.69. The van der Waals surface area contributed by atoms with E-state index in [-0.39, 0.29) is 11.0 Å². The van der Waals surface area contributed by atoms with E-state index in [2.05, 4.69) is 147 Å². The summed E-state index contributed by atoms with van der Waals surface area (Å²) < 4.78 is 0. The largest absolute Gasteiger partial charge is 0.334 e. The van der Waals surface area contributed by atoms with Gasteiger partial charge in [0.25, 0.3) is 0 Å². The highest BCUT2D eigenvalue weighted by Crippen LogP contribution is 2.61. The monoisotopic (exact) mass is 615 g/mol. The van der Waals surface area contributed by atoms with E-state index in [1.165, 1.54) is 124 Å². The Morgan fingerprint density at radius 3 is 1.83 bits per heavy atom. The minimum absolute atomic E-state index is 0.0501. The Morgan fingerprint density at radius 2 is 1.12 bits per heavy atom. The summed E-state index contributed by atoms with van der Waals surface area (Å²) in [6, 6.07) is 46.8. The van der Waals surface area contributed by atoms with Crippen molar-refractivity contribution in [3.05, 3.63) is 132 Å². The van der Waals surface area contributed by atoms with Crippen LogP contribution in [0.1, 0.15) is 50.7 Å². The molecule has 0 N–H and O–H groups in total. The first kappa shape index (κ1) is 26.9. The molecule has 9 aromatic carbocycles. The average molecular weight is 616 g/mol. The molecule has 2 atom stereocenters. The number of nitrogens with zero attached hydrogens (tertiary/aromatic N) is 1. The molecule has 1 nitrogen and oxygen atoms in total. The molecule has 1 aliphatic carbocycles. The molecule has 1 fully saturated rings. The predicted molar refractivity (Wildman–Crippen MR) is 207 cm³/mol. The molecule has 2 unspecified atom stereocenters. The standard InChI is InChI=1S/C47H37N/c1-28-15-18-31(19-16-28)48-43-22-17-30(25-42(43)46(2)23-4-5-24-47(46,48)3)32-20-21-37-41-27-39-35-12-7-10-29-9-6-11-34(44(29)35)38(39)26-40(41)36-14-8-13-33(32)45(36)37/h6-22,25-27H,4-5,23-24H2,1-3H3. The lowest BCUT2D eigenvalue weighted by Crippen LogP contribution is -2.54. The van der Waals surface area contributed by atoms with E-state index in [4.69, 9.17) is 0 Å². The summed E-state index contributed by atoms with van der Waals surface area (Å²) in [6.45, 7) is 7.26. The summed E-state index contributed by atoms with van der Waals surface area (Å²) in [5.41, 5.74) is 8.33. The van der Waals surface area contributed by atoms with Gasteiger partial charge in [-0.25, -0.2) is 0 Å². The van der Waals surface area contributed by atoms with Crippen molar-refractivity contribution in [3.63, 3.8) is 0 Å². The molecular formula is C47H37N. The number of rotatable bonds is 2. The molecule has 230 valence electrons. The van der Waals surface area contributed by atoms with Crippen LogP contribution in [0.5, 0.6) is 0 Å². The van der Waals surface area contributed by atoms with E-state index in [1.807, 2.05) is 0 Å². The van der Waals surface area contributed by atoms with Gasteiger partial charge >= 0.3 is 0 Å². The van der Waals surface area contributed by atoms with Gasteiger partial charge in [-0.2, -0.15) is 0 Å². The highest BCUT2D eigenvalue weighted by Gasteiger charge is 2.57. The Morgan fingerprint density at radius 1 is 0.521 bits per heavy atom. The molecule has 1 heterocycles. The maximum Gasteiger partial charge on any atom is 0.0517 e. The van der Waals surface area contributed by atoms with Gasteiger partial charge in [-0.05, 0) is 144 Å². The maximum absolute atomic E-state index is 2.69. The number of fused-ring (bicyclic) bond motifs is 9. The topological polar surface area (TPSA) is 3.24 Å². The zero-order valence-electron chi connectivity index (χ0n) is 27.8. The lowest BCUT2D eigenvalue weighted by Gasteiger charge is -2.50. The smallest absolute Gasteiger partial charge is 0.0517 e. The zero-order valence-corrected chi connectivity index (χ0v) is 27.8. The van der Waals surface area contributed by atoms with E-state index in [1.54, 1.807) is 0 Å². The fourth-order valence-electron chi connectivity index (χ4n) is 10.4. The lowest BCUT2D eigenvalue weighted by molar-refractivity contribution is 0.195. The van der Waals surface area contributed by atoms with Gasteiger partial charge in [0.2, 0.25) is 0 Å². The summed E-state index contributed by atoms with van der Waals surface area (Å²) in [7, 11) is 0. The summed E-state index contributed by atoms with van der Waals surface area (Å²) in [5.74, 6) is 0. The first-order valence-electron chi connectivity index (χ1n) is 17.7. The van der Waals surface area contributed by atoms with E-state index in [0.717, 1.165) is 0 Å². The number of anilines is 2. The van der Waals surface area contributed by atoms with Gasteiger partial charge < -0.3 is 4.90 Å². The summed E-state index contributed by atoms with van der Waals surface area (Å²) in [4.78, 5) is 2.69. The second kappa shape index (κ2) is 9.05. The van der Waals surface area contributed by atoms with Gasteiger partial charge in [0.1, 0.15) is 0 Å². The van der Waals surface area contributed by atoms with Gasteiger partial charge in [-0.1, -0.05) is 110 Å². The van der Waals surface area contributed by atoms with Crippen LogP contribution in [0.2, 0.25) is 0 Å². The number of aryl methyl sites for hydroxylation is 1. The van der Waals surface area contributed by atoms with Crippen LogP contribution in [0.25, 0.3) is 75.8 Å². The Balaban J connectivity index is 1.14. The van der Waals surface area contributed by atoms with Crippen LogP contribution in [-0.2, 0) is 5.41 Å². The Hall–Kier alpha value is -5.14. The fourth-order valence-corrected chi connectivity index (χ4v) is 10.4. The second-order valence-corrected chi connectivity index (χ2v) is 15.3. The molecular weight excluding hydrogens is 579 g/mol. The van der Waals surface area contributed by atoms with Crippen molar-refractivity contribution >= 4 is 76.0 Å². The highest BCUT2D eigenvalue weighted by molar-refractivity contribution is 6.38. The van der Waals surface area contributed by atoms with Gasteiger partial charge in [0, 0.05) is 16.8 Å². The van der Waals surface area contributed by atoms with Crippen LogP contribution in [0, 0.1) is 6.92 Å². The van der Waals surface area contributed by atoms with E-state index < -0.39 is 0 Å². The van der Waals surface area contributed by atoms with Crippen molar-refractivity contribution in [2.24, 2.45) is 0 Å². The van der Waals surface area contributed by atoms with E-state index in [9.17, 15) is 0 Å². The molecule has 0 aromatic heterocycles. The molecule has 0 radical (unpaired) electrons. The van der Waals surface area contributed by atoms with Crippen LogP contribution >= 0.6 is 0 Å². The van der Waals surface area contributed by atoms with Crippen LogP contribution in [0.15, 0.2) is 121 Å². The third-order valence-corrected chi connectivity index (χ3v) is 13.0. The van der Waals surface area contributed by atoms with Gasteiger partial charge in [-0.15, -0.1) is 0 Å². The molecule has 11 rings (SSSR count). The van der Waals surface area contributed by atoms with Gasteiger partial charge in [0.15, 0.2) is 0 Å². The minimum Gasteiger partial charge on any atom is -0.334 e. The molecule has 1 heteroatoms. The van der Waals surface area contributed by atoms with Crippen molar-refractivity contribution in [2.75, 3.05) is 4.90 Å². The van der Waals surface area contributed by atoms with Crippen molar-refractivity contribution in [3.8, 4) is 11.1 Å². The van der Waals surface area contributed by atoms with Crippen LogP contribution in [-0.4, -0.2) is 5.54 Å². The minimum atomic E-state index is 0.0501. The zero-order chi connectivity index (χ0) is 31.9. The molecule has 0 amide bonds. The quantitative estimate of drug-likeness (QED) is 0.187. The summed E-state index contributed by atoms with van der Waals surface area (Å²) >= 11 is 0. The number of benzene rings is 7. The molecule has 0 bridgehead atoms. The normalized spacial score (nSPS) is 21.0. The van der Waals surface area contributed by atoms with Gasteiger partial charge in [0.05, 0.1) is 5.54 Å². The molecule has 48 heavy (non-hydrogen) atoms. The Labute approximate surface area is 281 Å². The second-order valence-electron chi connectivity index (χ2n) is 15.3. The number of hydrogen-bond acceptors (Lipinski definition) is 1. The third kappa shape index (κ3) is 3.18. The highest BCUT2D eigenvalue weighted by atomic mass is 15.3. The average Bonchev–Trinajstić information content (AvgIpc) is 3.68.